The molecule has 30 heavy (non-hydrogen) atoms. The maximum absolute atomic E-state index is 13.1. The second kappa shape index (κ2) is 9.65. The molecule has 0 aromatic heterocycles. The molecule has 7 heteroatoms. The van der Waals surface area contributed by atoms with E-state index in [9.17, 15) is 17.6 Å². The maximum atomic E-state index is 13.1. The van der Waals surface area contributed by atoms with Crippen LogP contribution in [0.5, 0.6) is 0 Å². The van der Waals surface area contributed by atoms with E-state index in [1.54, 1.807) is 4.90 Å². The maximum Gasteiger partial charge on any atom is 0.243 e. The van der Waals surface area contributed by atoms with Gasteiger partial charge < -0.3 is 4.90 Å². The summed E-state index contributed by atoms with van der Waals surface area (Å²) in [5, 5.41) is 0. The number of carbonyl (C=O) groups excluding carboxylic acids is 1. The van der Waals surface area contributed by atoms with Crippen LogP contribution in [0.1, 0.15) is 11.1 Å². The van der Waals surface area contributed by atoms with Crippen molar-refractivity contribution in [2.45, 2.75) is 18.0 Å². The van der Waals surface area contributed by atoms with E-state index in [0.29, 0.717) is 13.1 Å². The van der Waals surface area contributed by atoms with Crippen molar-refractivity contribution in [3.8, 4) is 0 Å². The molecule has 3 aromatic carbocycles. The Morgan fingerprint density at radius 1 is 0.800 bits per heavy atom. The van der Waals surface area contributed by atoms with Crippen molar-refractivity contribution in [2.24, 2.45) is 0 Å². The smallest absolute Gasteiger partial charge is 0.243 e. The van der Waals surface area contributed by atoms with E-state index < -0.39 is 15.8 Å². The first-order valence-corrected chi connectivity index (χ1v) is 10.9. The summed E-state index contributed by atoms with van der Waals surface area (Å²) in [7, 11) is -2.56. The van der Waals surface area contributed by atoms with Gasteiger partial charge in [0.1, 0.15) is 5.82 Å². The van der Waals surface area contributed by atoms with Crippen LogP contribution in [-0.2, 0) is 27.9 Å². The molecule has 3 aromatic rings. The minimum Gasteiger partial charge on any atom is -0.333 e. The number of carbonyl (C=O) groups is 1. The van der Waals surface area contributed by atoms with Gasteiger partial charge in [0, 0.05) is 20.1 Å². The van der Waals surface area contributed by atoms with Gasteiger partial charge in [0.05, 0.1) is 11.4 Å². The third kappa shape index (κ3) is 5.52. The molecule has 0 radical (unpaired) electrons. The molecule has 5 nitrogen and oxygen atoms in total. The summed E-state index contributed by atoms with van der Waals surface area (Å²) in [6, 6.07) is 23.6. The minimum absolute atomic E-state index is 0.0585. The van der Waals surface area contributed by atoms with Gasteiger partial charge in [-0.3, -0.25) is 4.79 Å². The Hall–Kier alpha value is -3.03. The zero-order valence-corrected chi connectivity index (χ0v) is 17.4. The first kappa shape index (κ1) is 21.7. The summed E-state index contributed by atoms with van der Waals surface area (Å²) < 4.78 is 39.6. The van der Waals surface area contributed by atoms with Crippen LogP contribution in [0.4, 0.5) is 4.39 Å². The minimum atomic E-state index is -3.91. The van der Waals surface area contributed by atoms with Gasteiger partial charge in [-0.1, -0.05) is 60.7 Å². The number of likely N-dealkylation sites (N-methyl/N-ethyl adjacent to an activating group) is 1. The molecule has 0 saturated carbocycles. The van der Waals surface area contributed by atoms with Crippen LogP contribution in [0.3, 0.4) is 0 Å². The Balaban J connectivity index is 1.78. The van der Waals surface area contributed by atoms with Gasteiger partial charge in [0.25, 0.3) is 0 Å². The quantitative estimate of drug-likeness (QED) is 0.552. The fourth-order valence-electron chi connectivity index (χ4n) is 3.00. The van der Waals surface area contributed by atoms with E-state index in [2.05, 4.69) is 0 Å². The van der Waals surface area contributed by atoms with Crippen molar-refractivity contribution in [3.63, 3.8) is 0 Å². The summed E-state index contributed by atoms with van der Waals surface area (Å²) >= 11 is 0. The predicted octanol–water partition coefficient (Wildman–Crippen LogP) is 3.68. The van der Waals surface area contributed by atoms with Gasteiger partial charge in [-0.05, 0) is 35.4 Å². The molecule has 0 saturated heterocycles. The van der Waals surface area contributed by atoms with Crippen molar-refractivity contribution in [1.29, 1.82) is 0 Å². The Morgan fingerprint density at radius 2 is 1.27 bits per heavy atom. The van der Waals surface area contributed by atoms with Crippen molar-refractivity contribution in [2.75, 3.05) is 13.6 Å². The van der Waals surface area contributed by atoms with Gasteiger partial charge in [-0.25, -0.2) is 12.8 Å². The summed E-state index contributed by atoms with van der Waals surface area (Å²) in [6.45, 7) is 0.400. The Kier molecular flexibility index (Phi) is 6.97. The molecule has 0 N–H and O–H groups in total. The summed E-state index contributed by atoms with van der Waals surface area (Å²) in [5.74, 6) is -0.847. The molecule has 3 rings (SSSR count). The lowest BCUT2D eigenvalue weighted by Crippen LogP contribution is -2.40. The van der Waals surface area contributed by atoms with Crippen LogP contribution in [0.15, 0.2) is 89.8 Å². The number of rotatable bonds is 8. The van der Waals surface area contributed by atoms with E-state index in [0.717, 1.165) is 27.6 Å². The molecule has 0 heterocycles. The van der Waals surface area contributed by atoms with Crippen LogP contribution in [-0.4, -0.2) is 37.1 Å². The third-order valence-corrected chi connectivity index (χ3v) is 6.48. The normalized spacial score (nSPS) is 11.4. The highest BCUT2D eigenvalue weighted by Gasteiger charge is 2.25. The first-order chi connectivity index (χ1) is 14.4. The van der Waals surface area contributed by atoms with Crippen molar-refractivity contribution in [3.05, 3.63) is 102 Å². The zero-order chi connectivity index (χ0) is 21.6. The van der Waals surface area contributed by atoms with Gasteiger partial charge >= 0.3 is 0 Å². The largest absolute Gasteiger partial charge is 0.333 e. The zero-order valence-electron chi connectivity index (χ0n) is 16.6. The Bertz CT molecular complexity index is 1030. The topological polar surface area (TPSA) is 57.7 Å². The first-order valence-electron chi connectivity index (χ1n) is 9.44. The van der Waals surface area contributed by atoms with E-state index in [1.807, 2.05) is 60.7 Å². The lowest BCUT2D eigenvalue weighted by Gasteiger charge is -2.26. The molecule has 0 fully saturated rings. The third-order valence-electron chi connectivity index (χ3n) is 4.66. The van der Waals surface area contributed by atoms with E-state index in [1.165, 1.54) is 19.2 Å². The molecule has 0 aliphatic heterocycles. The van der Waals surface area contributed by atoms with Gasteiger partial charge in [0.2, 0.25) is 15.9 Å². The Labute approximate surface area is 176 Å². The standard InChI is InChI=1S/C23H23FN2O3S/c1-25(30(28,29)22-14-12-21(24)13-15-22)18-23(27)26(16-19-8-4-2-5-9-19)17-20-10-6-3-7-11-20/h2-15H,16-18H2,1H3. The van der Waals surface area contributed by atoms with Crippen LogP contribution < -0.4 is 0 Å². The van der Waals surface area contributed by atoms with Gasteiger partial charge in [-0.15, -0.1) is 0 Å². The van der Waals surface area contributed by atoms with Crippen LogP contribution >= 0.6 is 0 Å². The lowest BCUT2D eigenvalue weighted by atomic mass is 10.1. The second-order valence-corrected chi connectivity index (χ2v) is 8.98. The molecule has 1 amide bonds. The molecule has 156 valence electrons. The average Bonchev–Trinajstić information content (AvgIpc) is 2.75. The molecule has 0 aliphatic carbocycles. The summed E-state index contributed by atoms with van der Waals surface area (Å²) in [5.41, 5.74) is 1.90. The van der Waals surface area contributed by atoms with Gasteiger partial charge in [0.15, 0.2) is 0 Å². The highest BCUT2D eigenvalue weighted by Crippen LogP contribution is 2.16. The number of halogens is 1. The number of sulfonamides is 1. The highest BCUT2D eigenvalue weighted by molar-refractivity contribution is 7.89. The van der Waals surface area contributed by atoms with Crippen LogP contribution in [0, 0.1) is 5.82 Å². The second-order valence-electron chi connectivity index (χ2n) is 6.94. The fraction of sp³-hybridized carbons (Fsp3) is 0.174. The lowest BCUT2D eigenvalue weighted by molar-refractivity contribution is -0.132. The van der Waals surface area contributed by atoms with E-state index in [4.69, 9.17) is 0 Å². The van der Waals surface area contributed by atoms with Crippen LogP contribution in [0.25, 0.3) is 0 Å². The fourth-order valence-corrected chi connectivity index (χ4v) is 4.12. The molecule has 0 atom stereocenters. The number of hydrogen-bond acceptors (Lipinski definition) is 3. The molecule has 0 bridgehead atoms. The van der Waals surface area contributed by atoms with Crippen molar-refractivity contribution in [1.82, 2.24) is 9.21 Å². The summed E-state index contributed by atoms with van der Waals surface area (Å²) in [4.78, 5) is 14.6. The highest BCUT2D eigenvalue weighted by atomic mass is 32.2. The van der Waals surface area contributed by atoms with Crippen molar-refractivity contribution >= 4 is 15.9 Å². The van der Waals surface area contributed by atoms with Gasteiger partial charge in [-0.2, -0.15) is 4.31 Å². The molecule has 0 unspecified atom stereocenters. The van der Waals surface area contributed by atoms with Crippen LogP contribution in [0.2, 0.25) is 0 Å². The Morgan fingerprint density at radius 3 is 1.73 bits per heavy atom. The molecule has 0 spiro atoms. The number of amides is 1. The predicted molar refractivity (Wildman–Crippen MR) is 113 cm³/mol. The van der Waals surface area contributed by atoms with E-state index >= 15 is 0 Å². The summed E-state index contributed by atoms with van der Waals surface area (Å²) in [6.07, 6.45) is 0. The SMILES string of the molecule is CN(CC(=O)N(Cc1ccccc1)Cc1ccccc1)S(=O)(=O)c1ccc(F)cc1. The molecular formula is C23H23FN2O3S. The number of benzene rings is 3. The average molecular weight is 427 g/mol. The van der Waals surface area contributed by atoms with E-state index in [-0.39, 0.29) is 17.3 Å². The molecular weight excluding hydrogens is 403 g/mol. The monoisotopic (exact) mass is 426 g/mol. The van der Waals surface area contributed by atoms with Crippen molar-refractivity contribution < 1.29 is 17.6 Å². The molecule has 0 aliphatic rings. The number of hydrogen-bond donors (Lipinski definition) is 0. The number of nitrogens with zero attached hydrogens (tertiary/aromatic N) is 2.